The predicted molar refractivity (Wildman–Crippen MR) is 108 cm³/mol. The number of hydrogen-bond acceptors (Lipinski definition) is 3. The molecule has 0 radical (unpaired) electrons. The van der Waals surface area contributed by atoms with Crippen LogP contribution < -0.4 is 5.32 Å². The average Bonchev–Trinajstić information content (AvgIpc) is 2.65. The molecule has 0 bridgehead atoms. The summed E-state index contributed by atoms with van der Waals surface area (Å²) in [5.41, 5.74) is 0.277. The summed E-state index contributed by atoms with van der Waals surface area (Å²) in [5, 5.41) is 3.51. The van der Waals surface area contributed by atoms with Crippen molar-refractivity contribution in [1.29, 1.82) is 0 Å². The fourth-order valence-corrected chi connectivity index (χ4v) is 4.17. The molecular weight excluding hydrogens is 310 g/mol. The summed E-state index contributed by atoms with van der Waals surface area (Å²) >= 11 is 0. The summed E-state index contributed by atoms with van der Waals surface area (Å²) in [4.78, 5) is 12.7. The highest BCUT2D eigenvalue weighted by atomic mass is 15.3. The zero-order valence-electron chi connectivity index (χ0n) is 17.2. The van der Waals surface area contributed by atoms with Gasteiger partial charge >= 0.3 is 0 Å². The Bertz CT molecular complexity index is 395. The Kier molecular flexibility index (Phi) is 8.50. The van der Waals surface area contributed by atoms with Gasteiger partial charge in [0.2, 0.25) is 0 Å². The number of likely N-dealkylation sites (tertiary alicyclic amines) is 2. The first-order valence-corrected chi connectivity index (χ1v) is 10.5. The van der Waals surface area contributed by atoms with Crippen LogP contribution in [-0.2, 0) is 0 Å². The number of unbranched alkanes of at least 4 members (excludes halogenated alkanes) is 1. The molecule has 2 aliphatic rings. The van der Waals surface area contributed by atoms with Crippen molar-refractivity contribution in [2.45, 2.75) is 64.3 Å². The maximum Gasteiger partial charge on any atom is 0.193 e. The number of nitrogens with zero attached hydrogens (tertiary/aromatic N) is 4. The van der Waals surface area contributed by atoms with Crippen molar-refractivity contribution in [3.05, 3.63) is 0 Å². The molecule has 0 unspecified atom stereocenters. The average molecular weight is 352 g/mol. The van der Waals surface area contributed by atoms with Crippen molar-refractivity contribution in [3.8, 4) is 0 Å². The number of rotatable bonds is 7. The minimum Gasteiger partial charge on any atom is -0.357 e. The molecule has 25 heavy (non-hydrogen) atoms. The van der Waals surface area contributed by atoms with Crippen molar-refractivity contribution in [2.75, 3.05) is 59.9 Å². The normalized spacial score (nSPS) is 22.8. The summed E-state index contributed by atoms with van der Waals surface area (Å²) in [6, 6.07) is 0. The Labute approximate surface area is 155 Å². The number of nitrogens with one attached hydrogen (secondary N) is 1. The van der Waals surface area contributed by atoms with Gasteiger partial charge in [0.15, 0.2) is 5.96 Å². The van der Waals surface area contributed by atoms with Crippen molar-refractivity contribution < 1.29 is 0 Å². The molecule has 0 aliphatic carbocycles. The molecule has 5 heteroatoms. The first kappa shape index (κ1) is 20.5. The number of guanidine groups is 1. The molecule has 0 saturated carbocycles. The van der Waals surface area contributed by atoms with Crippen LogP contribution in [0.4, 0.5) is 0 Å². The SMILES string of the molecule is CCCCN(C)C(=NCC1(N2CCCCC2)CCN(C)CC1)NCC. The van der Waals surface area contributed by atoms with Crippen LogP contribution in [0.1, 0.15) is 58.8 Å². The molecule has 2 saturated heterocycles. The first-order chi connectivity index (χ1) is 12.1. The highest BCUT2D eigenvalue weighted by molar-refractivity contribution is 5.79. The highest BCUT2D eigenvalue weighted by Gasteiger charge is 2.39. The van der Waals surface area contributed by atoms with E-state index >= 15 is 0 Å². The van der Waals surface area contributed by atoms with E-state index in [1.165, 1.54) is 71.1 Å². The first-order valence-electron chi connectivity index (χ1n) is 10.5. The van der Waals surface area contributed by atoms with Gasteiger partial charge in [0, 0.05) is 25.7 Å². The van der Waals surface area contributed by atoms with Crippen molar-refractivity contribution in [1.82, 2.24) is 20.0 Å². The largest absolute Gasteiger partial charge is 0.357 e. The van der Waals surface area contributed by atoms with Crippen molar-refractivity contribution >= 4 is 5.96 Å². The van der Waals surface area contributed by atoms with E-state index in [4.69, 9.17) is 4.99 Å². The van der Waals surface area contributed by atoms with E-state index in [0.717, 1.165) is 25.6 Å². The van der Waals surface area contributed by atoms with Gasteiger partial charge in [-0.1, -0.05) is 19.8 Å². The van der Waals surface area contributed by atoms with Crippen LogP contribution >= 0.6 is 0 Å². The molecule has 0 amide bonds. The van der Waals surface area contributed by atoms with Gasteiger partial charge in [0.05, 0.1) is 6.54 Å². The predicted octanol–water partition coefficient (Wildman–Crippen LogP) is 2.63. The quantitative estimate of drug-likeness (QED) is 0.565. The lowest BCUT2D eigenvalue weighted by atomic mass is 9.84. The van der Waals surface area contributed by atoms with Crippen LogP contribution in [-0.4, -0.2) is 86.1 Å². The van der Waals surface area contributed by atoms with Gasteiger partial charge in [0.1, 0.15) is 0 Å². The molecule has 2 aliphatic heterocycles. The van der Waals surface area contributed by atoms with Gasteiger partial charge in [0.25, 0.3) is 0 Å². The lowest BCUT2D eigenvalue weighted by molar-refractivity contribution is 0.0207. The topological polar surface area (TPSA) is 34.1 Å². The Morgan fingerprint density at radius 3 is 2.36 bits per heavy atom. The smallest absolute Gasteiger partial charge is 0.193 e. The van der Waals surface area contributed by atoms with Crippen LogP contribution in [0, 0.1) is 0 Å². The lowest BCUT2D eigenvalue weighted by Crippen LogP contribution is -2.58. The summed E-state index contributed by atoms with van der Waals surface area (Å²) in [7, 11) is 4.44. The van der Waals surface area contributed by atoms with Gasteiger partial charge in [-0.25, -0.2) is 0 Å². The maximum atomic E-state index is 5.13. The summed E-state index contributed by atoms with van der Waals surface area (Å²) in [6.07, 6.45) is 9.08. The van der Waals surface area contributed by atoms with Crippen LogP contribution in [0.2, 0.25) is 0 Å². The van der Waals surface area contributed by atoms with E-state index in [1.807, 2.05) is 0 Å². The third-order valence-corrected chi connectivity index (χ3v) is 6.01. The molecule has 0 aromatic rings. The fraction of sp³-hybridized carbons (Fsp3) is 0.950. The van der Waals surface area contributed by atoms with E-state index in [0.29, 0.717) is 0 Å². The Morgan fingerprint density at radius 2 is 1.76 bits per heavy atom. The molecule has 1 N–H and O–H groups in total. The number of aliphatic imine (C=N–C) groups is 1. The molecule has 2 rings (SSSR count). The van der Waals surface area contributed by atoms with Crippen molar-refractivity contribution in [3.63, 3.8) is 0 Å². The van der Waals surface area contributed by atoms with Gasteiger partial charge in [-0.15, -0.1) is 0 Å². The molecule has 0 spiro atoms. The molecule has 0 aromatic carbocycles. The van der Waals surface area contributed by atoms with Gasteiger partial charge in [-0.2, -0.15) is 0 Å². The van der Waals surface area contributed by atoms with Gasteiger partial charge in [-0.05, 0) is 72.3 Å². The minimum atomic E-state index is 0.277. The zero-order chi connectivity index (χ0) is 18.1. The van der Waals surface area contributed by atoms with Crippen LogP contribution in [0.25, 0.3) is 0 Å². The van der Waals surface area contributed by atoms with Crippen molar-refractivity contribution in [2.24, 2.45) is 4.99 Å². The maximum absolute atomic E-state index is 5.13. The monoisotopic (exact) mass is 351 g/mol. The Hall–Kier alpha value is -0.810. The van der Waals surface area contributed by atoms with Crippen LogP contribution in [0.3, 0.4) is 0 Å². The molecule has 0 aromatic heterocycles. The summed E-state index contributed by atoms with van der Waals surface area (Å²) in [6.45, 7) is 12.3. The number of piperidine rings is 2. The molecule has 0 atom stereocenters. The zero-order valence-corrected chi connectivity index (χ0v) is 17.2. The van der Waals surface area contributed by atoms with E-state index in [1.54, 1.807) is 0 Å². The third kappa shape index (κ3) is 5.85. The third-order valence-electron chi connectivity index (χ3n) is 6.01. The second-order valence-corrected chi connectivity index (χ2v) is 8.02. The summed E-state index contributed by atoms with van der Waals surface area (Å²) in [5.74, 6) is 1.09. The van der Waals surface area contributed by atoms with Gasteiger partial charge in [-0.3, -0.25) is 9.89 Å². The minimum absolute atomic E-state index is 0.277. The number of hydrogen-bond donors (Lipinski definition) is 1. The van der Waals surface area contributed by atoms with E-state index in [-0.39, 0.29) is 5.54 Å². The second kappa shape index (κ2) is 10.4. The Morgan fingerprint density at radius 1 is 1.08 bits per heavy atom. The van der Waals surface area contributed by atoms with Crippen LogP contribution in [0.15, 0.2) is 4.99 Å². The molecule has 146 valence electrons. The lowest BCUT2D eigenvalue weighted by Gasteiger charge is -2.49. The van der Waals surface area contributed by atoms with E-state index in [9.17, 15) is 0 Å². The molecule has 5 nitrogen and oxygen atoms in total. The van der Waals surface area contributed by atoms with Crippen LogP contribution in [0.5, 0.6) is 0 Å². The summed E-state index contributed by atoms with van der Waals surface area (Å²) < 4.78 is 0. The molecule has 2 heterocycles. The molecule has 2 fully saturated rings. The van der Waals surface area contributed by atoms with Gasteiger partial charge < -0.3 is 15.1 Å². The highest BCUT2D eigenvalue weighted by Crippen LogP contribution is 2.31. The fourth-order valence-electron chi connectivity index (χ4n) is 4.17. The second-order valence-electron chi connectivity index (χ2n) is 8.02. The molecular formula is C20H41N5. The van der Waals surface area contributed by atoms with E-state index < -0.39 is 0 Å². The van der Waals surface area contributed by atoms with E-state index in [2.05, 4.69) is 48.0 Å². The Balaban J connectivity index is 2.10. The standard InChI is InChI=1S/C20H41N5/c1-5-7-13-24(4)19(21-6-2)22-18-20(11-16-23(3)17-12-20)25-14-9-8-10-15-25/h5-18H2,1-4H3,(H,21,22).